The fourth-order valence-corrected chi connectivity index (χ4v) is 2.30. The highest BCUT2D eigenvalue weighted by molar-refractivity contribution is 7.12. The summed E-state index contributed by atoms with van der Waals surface area (Å²) >= 11 is 1.45. The number of hydrogen-bond donors (Lipinski definition) is 1. The molecule has 5 heteroatoms. The minimum Gasteiger partial charge on any atom is -0.319 e. The summed E-state index contributed by atoms with van der Waals surface area (Å²) in [6.45, 7) is 6.02. The van der Waals surface area contributed by atoms with Gasteiger partial charge in [0, 0.05) is 12.2 Å². The number of thiophene rings is 1. The summed E-state index contributed by atoms with van der Waals surface area (Å²) in [4.78, 5) is 12.7. The van der Waals surface area contributed by atoms with E-state index in [0.717, 1.165) is 16.1 Å². The number of rotatable bonds is 3. The standard InChI is InChI=1S/C12H15N3OS/c1-8(2)15-7-10(6-13-15)14-12(16)11-9(3)4-5-17-11/h4-8H,1-3H3,(H,14,16). The Morgan fingerprint density at radius 3 is 2.82 bits per heavy atom. The van der Waals surface area contributed by atoms with E-state index in [1.165, 1.54) is 11.3 Å². The van der Waals surface area contributed by atoms with Crippen molar-refractivity contribution in [2.24, 2.45) is 0 Å². The van der Waals surface area contributed by atoms with Gasteiger partial charge in [-0.3, -0.25) is 9.48 Å². The molecule has 0 unspecified atom stereocenters. The van der Waals surface area contributed by atoms with E-state index < -0.39 is 0 Å². The SMILES string of the molecule is Cc1ccsc1C(=O)Nc1cnn(C(C)C)c1. The van der Waals surface area contributed by atoms with Crippen molar-refractivity contribution in [2.75, 3.05) is 5.32 Å². The quantitative estimate of drug-likeness (QED) is 0.908. The van der Waals surface area contributed by atoms with Crippen molar-refractivity contribution in [1.29, 1.82) is 0 Å². The zero-order valence-electron chi connectivity index (χ0n) is 10.1. The van der Waals surface area contributed by atoms with Crippen LogP contribution in [0.1, 0.15) is 35.1 Å². The fourth-order valence-electron chi connectivity index (χ4n) is 1.48. The first kappa shape index (κ1) is 11.9. The maximum absolute atomic E-state index is 11.9. The first-order chi connectivity index (χ1) is 8.08. The molecule has 0 aliphatic heterocycles. The molecule has 1 amide bonds. The van der Waals surface area contributed by atoms with Crippen LogP contribution in [0.2, 0.25) is 0 Å². The second kappa shape index (κ2) is 4.71. The van der Waals surface area contributed by atoms with Gasteiger partial charge in [-0.05, 0) is 37.8 Å². The van der Waals surface area contributed by atoms with Gasteiger partial charge in [-0.15, -0.1) is 11.3 Å². The van der Waals surface area contributed by atoms with Crippen molar-refractivity contribution in [3.63, 3.8) is 0 Å². The van der Waals surface area contributed by atoms with Gasteiger partial charge in [0.25, 0.3) is 5.91 Å². The Morgan fingerprint density at radius 2 is 2.29 bits per heavy atom. The summed E-state index contributed by atoms with van der Waals surface area (Å²) in [5.74, 6) is -0.0687. The van der Waals surface area contributed by atoms with Gasteiger partial charge in [-0.1, -0.05) is 0 Å². The predicted molar refractivity (Wildman–Crippen MR) is 69.6 cm³/mol. The molecule has 2 rings (SSSR count). The molecule has 4 nitrogen and oxygen atoms in total. The van der Waals surface area contributed by atoms with Crippen LogP contribution in [-0.2, 0) is 0 Å². The van der Waals surface area contributed by atoms with Crippen LogP contribution in [0.3, 0.4) is 0 Å². The van der Waals surface area contributed by atoms with Gasteiger partial charge in [0.1, 0.15) is 0 Å². The molecule has 2 aromatic rings. The second-order valence-electron chi connectivity index (χ2n) is 4.19. The number of anilines is 1. The van der Waals surface area contributed by atoms with E-state index in [2.05, 4.69) is 10.4 Å². The molecule has 90 valence electrons. The van der Waals surface area contributed by atoms with Gasteiger partial charge < -0.3 is 5.32 Å². The summed E-state index contributed by atoms with van der Waals surface area (Å²) in [6, 6.07) is 2.24. The Hall–Kier alpha value is -1.62. The number of nitrogens with one attached hydrogen (secondary N) is 1. The molecule has 0 fully saturated rings. The van der Waals surface area contributed by atoms with E-state index in [0.29, 0.717) is 6.04 Å². The van der Waals surface area contributed by atoms with Crippen molar-refractivity contribution >= 4 is 22.9 Å². The molecule has 17 heavy (non-hydrogen) atoms. The Kier molecular flexibility index (Phi) is 3.28. The maximum Gasteiger partial charge on any atom is 0.266 e. The van der Waals surface area contributed by atoms with Gasteiger partial charge in [0.2, 0.25) is 0 Å². The van der Waals surface area contributed by atoms with Crippen LogP contribution in [0.5, 0.6) is 0 Å². The lowest BCUT2D eigenvalue weighted by Crippen LogP contribution is -2.10. The van der Waals surface area contributed by atoms with Crippen molar-refractivity contribution in [3.8, 4) is 0 Å². The third-order valence-corrected chi connectivity index (χ3v) is 3.47. The molecule has 0 atom stereocenters. The number of carbonyl (C=O) groups is 1. The average molecular weight is 249 g/mol. The lowest BCUT2D eigenvalue weighted by Gasteiger charge is -2.03. The van der Waals surface area contributed by atoms with Crippen molar-refractivity contribution in [3.05, 3.63) is 34.3 Å². The molecule has 0 saturated heterocycles. The summed E-state index contributed by atoms with van der Waals surface area (Å²) in [7, 11) is 0. The summed E-state index contributed by atoms with van der Waals surface area (Å²) in [6.07, 6.45) is 3.51. The van der Waals surface area contributed by atoms with Crippen molar-refractivity contribution in [2.45, 2.75) is 26.8 Å². The molecular formula is C12H15N3OS. The van der Waals surface area contributed by atoms with Crippen LogP contribution in [0, 0.1) is 6.92 Å². The van der Waals surface area contributed by atoms with E-state index in [9.17, 15) is 4.79 Å². The van der Waals surface area contributed by atoms with Gasteiger partial charge in [0.05, 0.1) is 16.8 Å². The highest BCUT2D eigenvalue weighted by Gasteiger charge is 2.11. The van der Waals surface area contributed by atoms with Gasteiger partial charge in [-0.25, -0.2) is 0 Å². The third kappa shape index (κ3) is 2.55. The fraction of sp³-hybridized carbons (Fsp3) is 0.333. The minimum atomic E-state index is -0.0687. The first-order valence-corrected chi connectivity index (χ1v) is 6.35. The Bertz CT molecular complexity index is 527. The number of aromatic nitrogens is 2. The molecule has 0 spiro atoms. The molecule has 2 heterocycles. The molecule has 0 aliphatic carbocycles. The Morgan fingerprint density at radius 1 is 1.53 bits per heavy atom. The molecule has 0 bridgehead atoms. The van der Waals surface area contributed by atoms with Gasteiger partial charge in [0.15, 0.2) is 0 Å². The van der Waals surface area contributed by atoms with Gasteiger partial charge >= 0.3 is 0 Å². The number of carbonyl (C=O) groups excluding carboxylic acids is 1. The lowest BCUT2D eigenvalue weighted by atomic mass is 10.3. The van der Waals surface area contributed by atoms with Crippen LogP contribution in [0.4, 0.5) is 5.69 Å². The molecule has 0 aromatic carbocycles. The summed E-state index contributed by atoms with van der Waals surface area (Å²) in [5.41, 5.74) is 1.74. The topological polar surface area (TPSA) is 46.9 Å². The largest absolute Gasteiger partial charge is 0.319 e. The second-order valence-corrected chi connectivity index (χ2v) is 5.11. The average Bonchev–Trinajstić information content (AvgIpc) is 2.86. The van der Waals surface area contributed by atoms with Crippen LogP contribution in [0.15, 0.2) is 23.8 Å². The molecule has 0 saturated carbocycles. The molecule has 1 N–H and O–H groups in total. The van der Waals surface area contributed by atoms with Crippen LogP contribution >= 0.6 is 11.3 Å². The highest BCUT2D eigenvalue weighted by Crippen LogP contribution is 2.18. The monoisotopic (exact) mass is 249 g/mol. The molecular weight excluding hydrogens is 234 g/mol. The maximum atomic E-state index is 11.9. The normalized spacial score (nSPS) is 10.8. The summed E-state index contributed by atoms with van der Waals surface area (Å²) < 4.78 is 1.82. The zero-order chi connectivity index (χ0) is 12.4. The predicted octanol–water partition coefficient (Wildman–Crippen LogP) is 3.09. The van der Waals surface area contributed by atoms with Crippen molar-refractivity contribution < 1.29 is 4.79 Å². The lowest BCUT2D eigenvalue weighted by molar-refractivity contribution is 0.103. The van der Waals surface area contributed by atoms with E-state index in [1.807, 2.05) is 43.1 Å². The molecule has 2 aromatic heterocycles. The zero-order valence-corrected chi connectivity index (χ0v) is 10.9. The van der Waals surface area contributed by atoms with Gasteiger partial charge in [-0.2, -0.15) is 5.10 Å². The number of hydrogen-bond acceptors (Lipinski definition) is 3. The Balaban J connectivity index is 2.11. The number of nitrogens with zero attached hydrogens (tertiary/aromatic N) is 2. The smallest absolute Gasteiger partial charge is 0.266 e. The summed E-state index contributed by atoms with van der Waals surface area (Å²) in [5, 5.41) is 8.94. The Labute approximate surface area is 104 Å². The minimum absolute atomic E-state index is 0.0687. The third-order valence-electron chi connectivity index (χ3n) is 2.46. The van der Waals surface area contributed by atoms with Crippen LogP contribution < -0.4 is 5.32 Å². The molecule has 0 radical (unpaired) electrons. The number of amides is 1. The molecule has 0 aliphatic rings. The van der Waals surface area contributed by atoms with E-state index in [-0.39, 0.29) is 5.91 Å². The van der Waals surface area contributed by atoms with E-state index >= 15 is 0 Å². The number of aryl methyl sites for hydroxylation is 1. The van der Waals surface area contributed by atoms with Crippen molar-refractivity contribution in [1.82, 2.24) is 9.78 Å². The first-order valence-electron chi connectivity index (χ1n) is 5.47. The van der Waals surface area contributed by atoms with Crippen LogP contribution in [-0.4, -0.2) is 15.7 Å². The van der Waals surface area contributed by atoms with E-state index in [4.69, 9.17) is 0 Å². The van der Waals surface area contributed by atoms with Crippen LogP contribution in [0.25, 0.3) is 0 Å². The van der Waals surface area contributed by atoms with E-state index in [1.54, 1.807) is 6.20 Å². The highest BCUT2D eigenvalue weighted by atomic mass is 32.1.